The van der Waals surface area contributed by atoms with Crippen LogP contribution in [0.5, 0.6) is 0 Å². The summed E-state index contributed by atoms with van der Waals surface area (Å²) in [5.74, 6) is 0. The number of allylic oxidation sites excluding steroid dienone is 1. The van der Waals surface area contributed by atoms with Gasteiger partial charge in [-0.3, -0.25) is 0 Å². The molecule has 0 radical (unpaired) electrons. The first-order chi connectivity index (χ1) is 3.80. The van der Waals surface area contributed by atoms with Gasteiger partial charge in [0, 0.05) is 0 Å². The molecule has 1 saturated carbocycles. The van der Waals surface area contributed by atoms with Crippen LogP contribution in [0, 0.1) is 0 Å². The molecule has 0 atom stereocenters. The Morgan fingerprint density at radius 1 is 1.38 bits per heavy atom. The van der Waals surface area contributed by atoms with Crippen LogP contribution in [0.1, 0.15) is 25.7 Å². The molecule has 0 amide bonds. The Morgan fingerprint density at radius 2 is 1.88 bits per heavy atom. The van der Waals surface area contributed by atoms with E-state index < -0.39 is 0 Å². The van der Waals surface area contributed by atoms with Crippen molar-refractivity contribution in [3.63, 3.8) is 0 Å². The fraction of sp³-hybridized carbons (Fsp3) is 0.667. The van der Waals surface area contributed by atoms with E-state index in [9.17, 15) is 4.39 Å². The highest BCUT2D eigenvalue weighted by atomic mass is 79.9. The van der Waals surface area contributed by atoms with Crippen molar-refractivity contribution in [1.29, 1.82) is 0 Å². The lowest BCUT2D eigenvalue weighted by molar-refractivity contribution is 0.685. The highest BCUT2D eigenvalue weighted by Gasteiger charge is 2.09. The molecule has 1 fully saturated rings. The van der Waals surface area contributed by atoms with Gasteiger partial charge in [0.2, 0.25) is 0 Å². The highest BCUT2D eigenvalue weighted by molar-refractivity contribution is 9.11. The summed E-state index contributed by atoms with van der Waals surface area (Å²) >= 11 is 2.81. The zero-order valence-corrected chi connectivity index (χ0v) is 6.17. The lowest BCUT2D eigenvalue weighted by Gasteiger charge is -1.89. The van der Waals surface area contributed by atoms with Crippen LogP contribution in [0.25, 0.3) is 0 Å². The van der Waals surface area contributed by atoms with Crippen molar-refractivity contribution in [2.75, 3.05) is 0 Å². The molecule has 1 aliphatic rings. The number of rotatable bonds is 0. The molecule has 0 nitrogen and oxygen atoms in total. The second-order valence-corrected chi connectivity index (χ2v) is 2.77. The van der Waals surface area contributed by atoms with Crippen molar-refractivity contribution in [1.82, 2.24) is 0 Å². The van der Waals surface area contributed by atoms with Crippen LogP contribution in [0.15, 0.2) is 10.3 Å². The Balaban J connectivity index is 2.58. The van der Waals surface area contributed by atoms with Crippen LogP contribution in [0.3, 0.4) is 0 Å². The maximum absolute atomic E-state index is 12.2. The van der Waals surface area contributed by atoms with Gasteiger partial charge in [-0.1, -0.05) is 0 Å². The molecule has 0 saturated heterocycles. The normalized spacial score (nSPS) is 19.5. The van der Waals surface area contributed by atoms with Gasteiger partial charge in [-0.2, -0.15) is 4.39 Å². The van der Waals surface area contributed by atoms with Crippen LogP contribution in [-0.2, 0) is 0 Å². The molecule has 1 aliphatic carbocycles. The SMILES string of the molecule is FC(Br)=C1CCCC1. The highest BCUT2D eigenvalue weighted by Crippen LogP contribution is 2.29. The Kier molecular flexibility index (Phi) is 2.06. The maximum atomic E-state index is 12.2. The number of hydrogen-bond acceptors (Lipinski definition) is 0. The summed E-state index contributed by atoms with van der Waals surface area (Å²) in [5.41, 5.74) is 0.963. The summed E-state index contributed by atoms with van der Waals surface area (Å²) in [5, 5.41) is 0. The number of hydrogen-bond donors (Lipinski definition) is 0. The number of halogens is 2. The lowest BCUT2D eigenvalue weighted by Crippen LogP contribution is -1.70. The molecular weight excluding hydrogens is 171 g/mol. The van der Waals surface area contributed by atoms with Gasteiger partial charge < -0.3 is 0 Å². The molecule has 2 heteroatoms. The Morgan fingerprint density at radius 3 is 2.12 bits per heavy atom. The van der Waals surface area contributed by atoms with Gasteiger partial charge in [-0.15, -0.1) is 0 Å². The topological polar surface area (TPSA) is 0 Å². The van der Waals surface area contributed by atoms with E-state index in [0.29, 0.717) is 0 Å². The molecular formula is C6H8BrF. The third-order valence-electron chi connectivity index (χ3n) is 1.47. The summed E-state index contributed by atoms with van der Waals surface area (Å²) in [6, 6.07) is 0. The van der Waals surface area contributed by atoms with E-state index in [0.717, 1.165) is 31.3 Å². The van der Waals surface area contributed by atoms with E-state index in [1.807, 2.05) is 0 Å². The molecule has 0 bridgehead atoms. The van der Waals surface area contributed by atoms with Gasteiger partial charge in [0.1, 0.15) is 0 Å². The minimum Gasteiger partial charge on any atom is -0.199 e. The van der Waals surface area contributed by atoms with Gasteiger partial charge in [0.15, 0.2) is 4.74 Å². The quantitative estimate of drug-likeness (QED) is 0.535. The first-order valence-corrected chi connectivity index (χ1v) is 3.63. The summed E-state index contributed by atoms with van der Waals surface area (Å²) in [6.07, 6.45) is 4.23. The zero-order chi connectivity index (χ0) is 5.98. The largest absolute Gasteiger partial charge is 0.199 e. The van der Waals surface area contributed by atoms with Crippen LogP contribution >= 0.6 is 15.9 Å². The summed E-state index contributed by atoms with van der Waals surface area (Å²) in [4.78, 5) is 0. The Hall–Kier alpha value is 0.150. The fourth-order valence-corrected chi connectivity index (χ4v) is 1.39. The van der Waals surface area contributed by atoms with Gasteiger partial charge in [-0.05, 0) is 47.2 Å². The fourth-order valence-electron chi connectivity index (χ4n) is 0.991. The summed E-state index contributed by atoms with van der Waals surface area (Å²) in [6.45, 7) is 0. The predicted molar refractivity (Wildman–Crippen MR) is 35.5 cm³/mol. The molecule has 0 aromatic carbocycles. The van der Waals surface area contributed by atoms with Crippen molar-refractivity contribution < 1.29 is 4.39 Å². The third-order valence-corrected chi connectivity index (χ3v) is 2.04. The first-order valence-electron chi connectivity index (χ1n) is 2.84. The monoisotopic (exact) mass is 178 g/mol. The van der Waals surface area contributed by atoms with Gasteiger partial charge in [0.05, 0.1) is 0 Å². The Bertz CT molecular complexity index is 106. The first kappa shape index (κ1) is 6.27. The molecule has 1 rings (SSSR count). The van der Waals surface area contributed by atoms with Crippen molar-refractivity contribution >= 4 is 15.9 Å². The minimum atomic E-state index is -0.130. The smallest absolute Gasteiger partial charge is 0.164 e. The van der Waals surface area contributed by atoms with Crippen LogP contribution in [0.4, 0.5) is 4.39 Å². The van der Waals surface area contributed by atoms with Gasteiger partial charge in [0.25, 0.3) is 0 Å². The van der Waals surface area contributed by atoms with Crippen LogP contribution < -0.4 is 0 Å². The molecule has 46 valence electrons. The minimum absolute atomic E-state index is 0.130. The molecule has 0 N–H and O–H groups in total. The van der Waals surface area contributed by atoms with E-state index in [1.165, 1.54) is 0 Å². The van der Waals surface area contributed by atoms with Crippen molar-refractivity contribution in [2.24, 2.45) is 0 Å². The summed E-state index contributed by atoms with van der Waals surface area (Å²) in [7, 11) is 0. The van der Waals surface area contributed by atoms with E-state index in [2.05, 4.69) is 15.9 Å². The molecule has 0 unspecified atom stereocenters. The third kappa shape index (κ3) is 1.31. The molecule has 0 aromatic rings. The average molecular weight is 179 g/mol. The predicted octanol–water partition coefficient (Wildman–Crippen LogP) is 3.14. The van der Waals surface area contributed by atoms with E-state index in [-0.39, 0.29) is 4.74 Å². The molecule has 0 aromatic heterocycles. The maximum Gasteiger partial charge on any atom is 0.164 e. The van der Waals surface area contributed by atoms with Crippen molar-refractivity contribution in [3.8, 4) is 0 Å². The van der Waals surface area contributed by atoms with E-state index in [4.69, 9.17) is 0 Å². The lowest BCUT2D eigenvalue weighted by atomic mass is 10.3. The van der Waals surface area contributed by atoms with Crippen molar-refractivity contribution in [3.05, 3.63) is 10.3 Å². The Labute approximate surface area is 56.9 Å². The second kappa shape index (κ2) is 2.62. The van der Waals surface area contributed by atoms with Gasteiger partial charge in [-0.25, -0.2) is 0 Å². The van der Waals surface area contributed by atoms with Crippen LogP contribution in [-0.4, -0.2) is 0 Å². The van der Waals surface area contributed by atoms with Crippen LogP contribution in [0.2, 0.25) is 0 Å². The zero-order valence-electron chi connectivity index (χ0n) is 4.58. The van der Waals surface area contributed by atoms with Gasteiger partial charge >= 0.3 is 0 Å². The molecule has 0 heterocycles. The molecule has 8 heavy (non-hydrogen) atoms. The molecule has 0 aliphatic heterocycles. The van der Waals surface area contributed by atoms with E-state index >= 15 is 0 Å². The molecule has 0 spiro atoms. The summed E-state index contributed by atoms with van der Waals surface area (Å²) < 4.78 is 12.1. The van der Waals surface area contributed by atoms with Crippen molar-refractivity contribution in [2.45, 2.75) is 25.7 Å². The van der Waals surface area contributed by atoms with E-state index in [1.54, 1.807) is 0 Å². The standard InChI is InChI=1S/C6H8BrF/c7-6(8)5-3-1-2-4-5/h1-4H2. The average Bonchev–Trinajstić information content (AvgIpc) is 2.12. The second-order valence-electron chi connectivity index (χ2n) is 2.07.